The van der Waals surface area contributed by atoms with E-state index in [-0.39, 0.29) is 11.5 Å². The highest BCUT2D eigenvalue weighted by atomic mass is 16.5. The van der Waals surface area contributed by atoms with Gasteiger partial charge < -0.3 is 14.6 Å². The Morgan fingerprint density at radius 3 is 2.38 bits per heavy atom. The number of methoxy groups -OCH3 is 1. The van der Waals surface area contributed by atoms with Crippen LogP contribution in [0.15, 0.2) is 78.9 Å². The molecule has 1 N–H and O–H groups in total. The first-order valence-electron chi connectivity index (χ1n) is 10.9. The molecule has 0 radical (unpaired) electrons. The number of nitrogens with one attached hydrogen (secondary N) is 1. The summed E-state index contributed by atoms with van der Waals surface area (Å²) in [6, 6.07) is 26.8. The third kappa shape index (κ3) is 3.82. The molecule has 166 valence electrons. The number of anilines is 1. The summed E-state index contributed by atoms with van der Waals surface area (Å²) < 4.78 is 7.22. The lowest BCUT2D eigenvalue weighted by Crippen LogP contribution is -2.17. The van der Waals surface area contributed by atoms with E-state index in [2.05, 4.69) is 11.4 Å². The molecule has 0 aliphatic heterocycles. The van der Waals surface area contributed by atoms with E-state index in [0.717, 1.165) is 11.1 Å². The van der Waals surface area contributed by atoms with Gasteiger partial charge in [0.25, 0.3) is 5.91 Å². The van der Waals surface area contributed by atoms with Crippen molar-refractivity contribution in [3.8, 4) is 11.8 Å². The molecule has 5 rings (SSSR count). The smallest absolute Gasteiger partial charge is 0.260 e. The molecule has 0 aliphatic rings. The third-order valence-corrected chi connectivity index (χ3v) is 5.71. The summed E-state index contributed by atoms with van der Waals surface area (Å²) in [6.45, 7) is 0.511. The Balaban J connectivity index is 1.65. The average Bonchev–Trinajstić information content (AvgIpc) is 3.17. The van der Waals surface area contributed by atoms with E-state index in [1.807, 2.05) is 59.2 Å². The monoisotopic (exact) mass is 447 g/mol. The SMILES string of the molecule is COc1ccccc1C(=O)Nc1c(C#N)c2nc3ccccc3nc2n1CCc1ccccc1. The summed E-state index contributed by atoms with van der Waals surface area (Å²) in [6.07, 6.45) is 0.696. The Morgan fingerprint density at radius 2 is 1.65 bits per heavy atom. The van der Waals surface area contributed by atoms with Crippen LogP contribution >= 0.6 is 0 Å². The molecular formula is C27H21N5O2. The second-order valence-electron chi connectivity index (χ2n) is 7.76. The molecule has 34 heavy (non-hydrogen) atoms. The van der Waals surface area contributed by atoms with Gasteiger partial charge in [-0.3, -0.25) is 4.79 Å². The van der Waals surface area contributed by atoms with Gasteiger partial charge in [-0.15, -0.1) is 0 Å². The van der Waals surface area contributed by atoms with Crippen molar-refractivity contribution in [2.24, 2.45) is 0 Å². The summed E-state index contributed by atoms with van der Waals surface area (Å²) in [7, 11) is 1.52. The molecule has 0 fully saturated rings. The van der Waals surface area contributed by atoms with E-state index in [4.69, 9.17) is 14.7 Å². The number of aromatic nitrogens is 3. The Hall–Kier alpha value is -4.70. The summed E-state index contributed by atoms with van der Waals surface area (Å²) in [5, 5.41) is 13.0. The molecule has 0 bridgehead atoms. The van der Waals surface area contributed by atoms with Crippen molar-refractivity contribution >= 4 is 33.9 Å². The number of rotatable bonds is 6. The zero-order valence-electron chi connectivity index (χ0n) is 18.5. The Morgan fingerprint density at radius 1 is 0.971 bits per heavy atom. The number of aryl methyl sites for hydroxylation is 2. The highest BCUT2D eigenvalue weighted by molar-refractivity contribution is 6.08. The fraction of sp³-hybridized carbons (Fsp3) is 0.111. The van der Waals surface area contributed by atoms with Crippen LogP contribution in [0, 0.1) is 11.3 Å². The second kappa shape index (κ2) is 9.04. The largest absolute Gasteiger partial charge is 0.496 e. The van der Waals surface area contributed by atoms with Gasteiger partial charge in [0.1, 0.15) is 28.7 Å². The van der Waals surface area contributed by atoms with Gasteiger partial charge >= 0.3 is 0 Å². The van der Waals surface area contributed by atoms with Crippen LogP contribution in [0.25, 0.3) is 22.2 Å². The van der Waals surface area contributed by atoms with Gasteiger partial charge in [0.05, 0.1) is 23.7 Å². The molecule has 7 heteroatoms. The van der Waals surface area contributed by atoms with Crippen LogP contribution in [0.1, 0.15) is 21.5 Å². The number of fused-ring (bicyclic) bond motifs is 2. The molecule has 0 spiro atoms. The van der Waals surface area contributed by atoms with E-state index in [9.17, 15) is 10.1 Å². The molecule has 0 atom stereocenters. The van der Waals surface area contributed by atoms with E-state index < -0.39 is 0 Å². The molecule has 2 heterocycles. The zero-order valence-corrected chi connectivity index (χ0v) is 18.5. The number of hydrogen-bond acceptors (Lipinski definition) is 5. The van der Waals surface area contributed by atoms with E-state index in [0.29, 0.717) is 46.8 Å². The van der Waals surface area contributed by atoms with Crippen molar-refractivity contribution in [3.63, 3.8) is 0 Å². The number of ether oxygens (including phenoxy) is 1. The number of hydrogen-bond donors (Lipinski definition) is 1. The fourth-order valence-corrected chi connectivity index (χ4v) is 4.05. The predicted octanol–water partition coefficient (Wildman–Crippen LogP) is 4.96. The van der Waals surface area contributed by atoms with Gasteiger partial charge in [0.2, 0.25) is 0 Å². The van der Waals surface area contributed by atoms with E-state index in [1.54, 1.807) is 24.3 Å². The summed E-state index contributed by atoms with van der Waals surface area (Å²) in [5.74, 6) is 0.453. The standard InChI is InChI=1S/C27H21N5O2/c1-34-23-14-8-5-11-19(23)27(33)31-25-20(17-28)24-26(30-22-13-7-6-12-21(22)29-24)32(25)16-15-18-9-3-2-4-10-18/h2-14H,15-16H2,1H3,(H,31,33). The first-order valence-corrected chi connectivity index (χ1v) is 10.9. The topological polar surface area (TPSA) is 92.8 Å². The van der Waals surface area contributed by atoms with Crippen LogP contribution in [0.5, 0.6) is 5.75 Å². The number of nitrogens with zero attached hydrogens (tertiary/aromatic N) is 4. The Kier molecular flexibility index (Phi) is 5.63. The minimum absolute atomic E-state index is 0.282. The lowest BCUT2D eigenvalue weighted by Gasteiger charge is -2.13. The predicted molar refractivity (Wildman–Crippen MR) is 131 cm³/mol. The van der Waals surface area contributed by atoms with Crippen LogP contribution < -0.4 is 10.1 Å². The number of carbonyl (C=O) groups is 1. The summed E-state index contributed by atoms with van der Waals surface area (Å²) in [4.78, 5) is 22.8. The van der Waals surface area contributed by atoms with Gasteiger partial charge in [-0.2, -0.15) is 5.26 Å². The van der Waals surface area contributed by atoms with Crippen molar-refractivity contribution in [1.82, 2.24) is 14.5 Å². The minimum Gasteiger partial charge on any atom is -0.496 e. The van der Waals surface area contributed by atoms with Crippen LogP contribution in [0.4, 0.5) is 5.82 Å². The minimum atomic E-state index is -0.373. The molecule has 2 aromatic heterocycles. The fourth-order valence-electron chi connectivity index (χ4n) is 4.05. The van der Waals surface area contributed by atoms with Gasteiger partial charge in [0.15, 0.2) is 5.65 Å². The first kappa shape index (κ1) is 21.2. The Bertz CT molecular complexity index is 1550. The van der Waals surface area contributed by atoms with Crippen LogP contribution in [0.2, 0.25) is 0 Å². The molecule has 5 aromatic rings. The lowest BCUT2D eigenvalue weighted by atomic mass is 10.1. The molecular weight excluding hydrogens is 426 g/mol. The average molecular weight is 447 g/mol. The molecule has 1 amide bonds. The van der Waals surface area contributed by atoms with Gasteiger partial charge in [-0.05, 0) is 36.2 Å². The van der Waals surface area contributed by atoms with E-state index in [1.165, 1.54) is 7.11 Å². The van der Waals surface area contributed by atoms with Gasteiger partial charge in [-0.25, -0.2) is 9.97 Å². The van der Waals surface area contributed by atoms with Crippen molar-refractivity contribution in [3.05, 3.63) is 95.6 Å². The summed E-state index contributed by atoms with van der Waals surface area (Å²) >= 11 is 0. The number of amides is 1. The number of para-hydroxylation sites is 3. The highest BCUT2D eigenvalue weighted by Crippen LogP contribution is 2.30. The van der Waals surface area contributed by atoms with Crippen LogP contribution in [0.3, 0.4) is 0 Å². The molecule has 0 saturated heterocycles. The molecule has 7 nitrogen and oxygen atoms in total. The molecule has 3 aromatic carbocycles. The number of benzene rings is 3. The molecule has 0 saturated carbocycles. The maximum absolute atomic E-state index is 13.2. The molecule has 0 aliphatic carbocycles. The van der Waals surface area contributed by atoms with Crippen molar-refractivity contribution in [2.45, 2.75) is 13.0 Å². The van der Waals surface area contributed by atoms with Crippen molar-refractivity contribution in [2.75, 3.05) is 12.4 Å². The lowest BCUT2D eigenvalue weighted by molar-refractivity contribution is 0.102. The Labute approximate surface area is 196 Å². The van der Waals surface area contributed by atoms with Gasteiger partial charge in [0, 0.05) is 6.54 Å². The number of carbonyl (C=O) groups excluding carboxylic acids is 1. The molecule has 0 unspecified atom stereocenters. The maximum Gasteiger partial charge on any atom is 0.260 e. The van der Waals surface area contributed by atoms with Crippen molar-refractivity contribution in [1.29, 1.82) is 5.26 Å². The number of nitriles is 1. The van der Waals surface area contributed by atoms with E-state index >= 15 is 0 Å². The normalized spacial score (nSPS) is 10.8. The van der Waals surface area contributed by atoms with Crippen molar-refractivity contribution < 1.29 is 9.53 Å². The summed E-state index contributed by atoms with van der Waals surface area (Å²) in [5.41, 5.74) is 4.23. The quantitative estimate of drug-likeness (QED) is 0.397. The van der Waals surface area contributed by atoms with Gasteiger partial charge in [-0.1, -0.05) is 54.6 Å². The highest BCUT2D eigenvalue weighted by Gasteiger charge is 2.23. The first-order chi connectivity index (χ1) is 16.7. The second-order valence-corrected chi connectivity index (χ2v) is 7.76. The maximum atomic E-state index is 13.2. The third-order valence-electron chi connectivity index (χ3n) is 5.71. The van der Waals surface area contributed by atoms with Crippen LogP contribution in [-0.4, -0.2) is 27.6 Å². The van der Waals surface area contributed by atoms with Crippen LogP contribution in [-0.2, 0) is 13.0 Å². The zero-order chi connectivity index (χ0) is 23.5.